The van der Waals surface area contributed by atoms with Crippen molar-refractivity contribution < 1.29 is 19.0 Å². The monoisotopic (exact) mass is 513 g/mol. The van der Waals surface area contributed by atoms with Gasteiger partial charge >= 0.3 is 0 Å². The third-order valence-corrected chi connectivity index (χ3v) is 7.28. The van der Waals surface area contributed by atoms with Gasteiger partial charge in [-0.05, 0) is 48.7 Å². The number of ether oxygens (including phenoxy) is 1. The van der Waals surface area contributed by atoms with Crippen LogP contribution in [0, 0.1) is 0 Å². The van der Waals surface area contributed by atoms with Gasteiger partial charge in [-0.3, -0.25) is 14.0 Å². The number of benzene rings is 2. The number of phenols is 1. The Morgan fingerprint density at radius 3 is 2.63 bits per heavy atom. The number of likely N-dealkylation sites (tertiary alicyclic amines) is 1. The van der Waals surface area contributed by atoms with Crippen LogP contribution in [0.3, 0.4) is 0 Å². The van der Waals surface area contributed by atoms with Crippen LogP contribution in [-0.2, 0) is 0 Å². The van der Waals surface area contributed by atoms with E-state index in [4.69, 9.17) is 16.3 Å². The van der Waals surface area contributed by atoms with Gasteiger partial charge in [0.05, 0.1) is 22.4 Å². The highest BCUT2D eigenvalue weighted by molar-refractivity contribution is 7.15. The highest BCUT2D eigenvalue weighted by Crippen LogP contribution is 2.35. The van der Waals surface area contributed by atoms with Crippen molar-refractivity contribution in [3.8, 4) is 22.8 Å². The lowest BCUT2D eigenvalue weighted by atomic mass is 10.1. The van der Waals surface area contributed by atoms with Crippen LogP contribution < -0.4 is 14.8 Å². The van der Waals surface area contributed by atoms with Gasteiger partial charge in [-0.2, -0.15) is 0 Å². The molecule has 1 N–H and O–H groups in total. The summed E-state index contributed by atoms with van der Waals surface area (Å²) in [6, 6.07) is 10.2. The number of halogens is 2. The first-order valence-corrected chi connectivity index (χ1v) is 12.2. The quantitative estimate of drug-likeness (QED) is 0.447. The van der Waals surface area contributed by atoms with E-state index >= 15 is 0 Å². The number of nitrogens with zero attached hydrogens (tertiary/aromatic N) is 3. The second-order valence-electron chi connectivity index (χ2n) is 8.29. The number of fused-ring (bicyclic) bond motifs is 1. The molecule has 2 aromatic heterocycles. The molecule has 0 bridgehead atoms. The van der Waals surface area contributed by atoms with Crippen molar-refractivity contribution in [3.63, 3.8) is 0 Å². The molecule has 0 radical (unpaired) electrons. The maximum absolute atomic E-state index is 13.4. The van der Waals surface area contributed by atoms with Crippen LogP contribution in [-0.4, -0.2) is 51.7 Å². The average Bonchev–Trinajstić information content (AvgIpc) is 3.40. The van der Waals surface area contributed by atoms with Gasteiger partial charge in [0.15, 0.2) is 16.5 Å². The standard InChI is InChI=1S/C25H21ClFN3O4S/c1-34-20-11-14(10-18(26)22(20)31)12-21-24(33)30-13-19(28-25(30)35-21)15-2-4-16(5-3-15)23(32)29-8-6-17(27)7-9-29/h2-5,10-13,17,31H,6-9H2,1H3/b21-12-. The first kappa shape index (κ1) is 23.3. The van der Waals surface area contributed by atoms with Crippen molar-refractivity contribution in [1.82, 2.24) is 14.3 Å². The predicted octanol–water partition coefficient (Wildman–Crippen LogP) is 3.91. The molecule has 0 aliphatic carbocycles. The zero-order valence-corrected chi connectivity index (χ0v) is 20.3. The number of phenolic OH excluding ortho intramolecular Hbond substituents is 1. The minimum atomic E-state index is -0.832. The summed E-state index contributed by atoms with van der Waals surface area (Å²) < 4.78 is 20.4. The number of carbonyl (C=O) groups excluding carboxylic acids is 1. The molecule has 1 saturated heterocycles. The van der Waals surface area contributed by atoms with Crippen LogP contribution in [0.5, 0.6) is 11.5 Å². The number of piperidine rings is 1. The van der Waals surface area contributed by atoms with Crippen molar-refractivity contribution >= 4 is 39.9 Å². The summed E-state index contributed by atoms with van der Waals surface area (Å²) >= 11 is 7.28. The normalized spacial score (nSPS) is 15.2. The average molecular weight is 514 g/mol. The number of imidazole rings is 1. The number of aromatic hydroxyl groups is 1. The second kappa shape index (κ2) is 9.31. The molecular weight excluding hydrogens is 493 g/mol. The molecule has 0 saturated carbocycles. The Labute approximate surface area is 208 Å². The Morgan fingerprint density at radius 1 is 1.26 bits per heavy atom. The predicted molar refractivity (Wildman–Crippen MR) is 133 cm³/mol. The lowest BCUT2D eigenvalue weighted by Gasteiger charge is -2.28. The maximum atomic E-state index is 13.4. The van der Waals surface area contributed by atoms with Crippen LogP contribution in [0.4, 0.5) is 4.39 Å². The summed E-state index contributed by atoms with van der Waals surface area (Å²) in [4.78, 5) is 32.4. The van der Waals surface area contributed by atoms with Gasteiger partial charge < -0.3 is 14.7 Å². The fraction of sp³-hybridized carbons (Fsp3) is 0.240. The molecule has 0 atom stereocenters. The van der Waals surface area contributed by atoms with Crippen molar-refractivity contribution in [2.45, 2.75) is 19.0 Å². The molecule has 5 rings (SSSR count). The van der Waals surface area contributed by atoms with Gasteiger partial charge in [-0.1, -0.05) is 35.1 Å². The Bertz CT molecular complexity index is 1530. The van der Waals surface area contributed by atoms with Gasteiger partial charge in [0, 0.05) is 30.4 Å². The number of thiazole rings is 1. The Balaban J connectivity index is 1.40. The molecule has 3 heterocycles. The van der Waals surface area contributed by atoms with Crippen LogP contribution in [0.15, 0.2) is 47.4 Å². The highest BCUT2D eigenvalue weighted by Gasteiger charge is 2.23. The molecule has 1 fully saturated rings. The number of rotatable bonds is 4. The van der Waals surface area contributed by atoms with Crippen molar-refractivity contribution in [2.75, 3.05) is 20.2 Å². The van der Waals surface area contributed by atoms with Gasteiger partial charge in [0.25, 0.3) is 11.5 Å². The van der Waals surface area contributed by atoms with Gasteiger partial charge in [0.1, 0.15) is 6.17 Å². The molecule has 1 amide bonds. The Morgan fingerprint density at radius 2 is 1.97 bits per heavy atom. The highest BCUT2D eigenvalue weighted by atomic mass is 35.5. The number of methoxy groups -OCH3 is 1. The summed E-state index contributed by atoms with van der Waals surface area (Å²) in [6.07, 6.45) is 3.25. The second-order valence-corrected chi connectivity index (χ2v) is 9.71. The molecule has 180 valence electrons. The minimum Gasteiger partial charge on any atom is -0.503 e. The summed E-state index contributed by atoms with van der Waals surface area (Å²) in [7, 11) is 1.42. The number of alkyl halides is 1. The van der Waals surface area contributed by atoms with E-state index in [2.05, 4.69) is 4.98 Å². The van der Waals surface area contributed by atoms with E-state index in [1.165, 1.54) is 22.8 Å². The SMILES string of the molecule is COc1cc(/C=c2\sc3nc(-c4ccc(C(=O)N5CCC(F)CC5)cc4)cn3c2=O)cc(Cl)c1O. The van der Waals surface area contributed by atoms with E-state index in [0.29, 0.717) is 52.2 Å². The van der Waals surface area contributed by atoms with Crippen LogP contribution in [0.2, 0.25) is 5.02 Å². The summed E-state index contributed by atoms with van der Waals surface area (Å²) in [6.45, 7) is 0.849. The minimum absolute atomic E-state index is 0.109. The first-order valence-electron chi connectivity index (χ1n) is 11.0. The number of hydrogen-bond donors (Lipinski definition) is 1. The van der Waals surface area contributed by atoms with E-state index in [0.717, 1.165) is 5.56 Å². The fourth-order valence-corrected chi connectivity index (χ4v) is 5.25. The van der Waals surface area contributed by atoms with Crippen LogP contribution in [0.1, 0.15) is 28.8 Å². The summed E-state index contributed by atoms with van der Waals surface area (Å²) in [5.74, 6) is -0.0489. The van der Waals surface area contributed by atoms with Crippen molar-refractivity contribution in [1.29, 1.82) is 0 Å². The van der Waals surface area contributed by atoms with E-state index in [1.54, 1.807) is 53.6 Å². The zero-order chi connectivity index (χ0) is 24.7. The van der Waals surface area contributed by atoms with Crippen LogP contribution in [0.25, 0.3) is 22.3 Å². The number of carbonyl (C=O) groups is 1. The number of hydrogen-bond acceptors (Lipinski definition) is 6. The summed E-state index contributed by atoms with van der Waals surface area (Å²) in [5, 5.41) is 10.0. The lowest BCUT2D eigenvalue weighted by molar-refractivity contribution is 0.0667. The molecule has 1 aliphatic rings. The lowest BCUT2D eigenvalue weighted by Crippen LogP contribution is -2.39. The molecule has 35 heavy (non-hydrogen) atoms. The molecule has 0 spiro atoms. The molecule has 4 aromatic rings. The van der Waals surface area contributed by atoms with Crippen molar-refractivity contribution in [3.05, 3.63) is 73.6 Å². The number of amides is 1. The van der Waals surface area contributed by atoms with Gasteiger partial charge in [0.2, 0.25) is 0 Å². The van der Waals surface area contributed by atoms with Crippen molar-refractivity contribution in [2.24, 2.45) is 0 Å². The van der Waals surface area contributed by atoms with E-state index in [-0.39, 0.29) is 28.0 Å². The van der Waals surface area contributed by atoms with Crippen LogP contribution >= 0.6 is 22.9 Å². The Hall–Kier alpha value is -3.43. The Kier molecular flexibility index (Phi) is 6.21. The van der Waals surface area contributed by atoms with E-state index in [9.17, 15) is 19.1 Å². The smallest absolute Gasteiger partial charge is 0.274 e. The number of aromatic nitrogens is 2. The largest absolute Gasteiger partial charge is 0.503 e. The van der Waals surface area contributed by atoms with Gasteiger partial charge in [-0.25, -0.2) is 9.37 Å². The molecule has 2 aromatic carbocycles. The van der Waals surface area contributed by atoms with E-state index < -0.39 is 6.17 Å². The molecule has 0 unspecified atom stereocenters. The molecule has 7 nitrogen and oxygen atoms in total. The summed E-state index contributed by atoms with van der Waals surface area (Å²) in [5.41, 5.74) is 2.32. The maximum Gasteiger partial charge on any atom is 0.274 e. The third kappa shape index (κ3) is 4.49. The van der Waals surface area contributed by atoms with E-state index in [1.807, 2.05) is 0 Å². The topological polar surface area (TPSA) is 84.1 Å². The first-order chi connectivity index (χ1) is 16.8. The zero-order valence-electron chi connectivity index (χ0n) is 18.7. The fourth-order valence-electron chi connectivity index (χ4n) is 4.07. The molecular formula is C25H21ClFN3O4S. The van der Waals surface area contributed by atoms with Gasteiger partial charge in [-0.15, -0.1) is 0 Å². The molecule has 10 heteroatoms. The third-order valence-electron chi connectivity index (χ3n) is 6.01. The molecule has 1 aliphatic heterocycles.